The lowest BCUT2D eigenvalue weighted by Crippen LogP contribution is -2.33. The van der Waals surface area contributed by atoms with Crippen LogP contribution in [0.25, 0.3) is 0 Å². The summed E-state index contributed by atoms with van der Waals surface area (Å²) >= 11 is 1.88. The largest absolute Gasteiger partial charge is 0.309 e. The Bertz CT molecular complexity index is 386. The molecule has 18 heavy (non-hydrogen) atoms. The summed E-state index contributed by atoms with van der Waals surface area (Å²) in [6, 6.07) is 0.790. The molecular weight excluding hydrogens is 242 g/mol. The van der Waals surface area contributed by atoms with Gasteiger partial charge in [0.15, 0.2) is 0 Å². The maximum Gasteiger partial charge on any atom is 0.107 e. The predicted molar refractivity (Wildman–Crippen MR) is 75.7 cm³/mol. The van der Waals surface area contributed by atoms with Crippen LogP contribution in [-0.2, 0) is 13.1 Å². The Labute approximate surface area is 114 Å². The number of hydrogen-bond donors (Lipinski definition) is 1. The summed E-state index contributed by atoms with van der Waals surface area (Å²) in [7, 11) is 0. The highest BCUT2D eigenvalue weighted by Crippen LogP contribution is 2.22. The third kappa shape index (κ3) is 3.53. The van der Waals surface area contributed by atoms with E-state index in [1.54, 1.807) is 0 Å². The molecule has 0 radical (unpaired) electrons. The van der Waals surface area contributed by atoms with Crippen LogP contribution in [0.4, 0.5) is 0 Å². The third-order valence-electron chi connectivity index (χ3n) is 3.84. The molecule has 1 saturated carbocycles. The molecule has 100 valence electrons. The quantitative estimate of drug-likeness (QED) is 0.887. The van der Waals surface area contributed by atoms with Crippen LogP contribution >= 0.6 is 11.3 Å². The van der Waals surface area contributed by atoms with Gasteiger partial charge >= 0.3 is 0 Å². The van der Waals surface area contributed by atoms with Crippen LogP contribution < -0.4 is 5.32 Å². The monoisotopic (exact) mass is 265 g/mol. The van der Waals surface area contributed by atoms with Crippen LogP contribution in [-0.4, -0.2) is 29.0 Å². The summed E-state index contributed by atoms with van der Waals surface area (Å²) in [5.41, 5.74) is 0. The van der Waals surface area contributed by atoms with Gasteiger partial charge in [0.25, 0.3) is 0 Å². The molecule has 0 bridgehead atoms. The first-order chi connectivity index (χ1) is 8.79. The molecule has 1 aromatic rings. The van der Waals surface area contributed by atoms with Gasteiger partial charge in [0.1, 0.15) is 5.01 Å². The second-order valence-electron chi connectivity index (χ2n) is 5.86. The van der Waals surface area contributed by atoms with Crippen LogP contribution in [0.15, 0.2) is 6.20 Å². The van der Waals surface area contributed by atoms with E-state index < -0.39 is 0 Å². The fourth-order valence-electron chi connectivity index (χ4n) is 2.66. The molecule has 2 aliphatic rings. The van der Waals surface area contributed by atoms with Crippen molar-refractivity contribution >= 4 is 11.3 Å². The molecule has 0 aromatic carbocycles. The molecule has 3 nitrogen and oxygen atoms in total. The van der Waals surface area contributed by atoms with E-state index in [4.69, 9.17) is 0 Å². The lowest BCUT2D eigenvalue weighted by Gasteiger charge is -2.29. The SMILES string of the molecule is CC1CCCN(Cc2ncc(CNC3CC3)s2)C1. The van der Waals surface area contributed by atoms with Crippen molar-refractivity contribution in [2.75, 3.05) is 13.1 Å². The minimum Gasteiger partial charge on any atom is -0.309 e. The Kier molecular flexibility index (Phi) is 3.97. The van der Waals surface area contributed by atoms with Gasteiger partial charge in [0, 0.05) is 30.2 Å². The van der Waals surface area contributed by atoms with Crippen LogP contribution in [0.2, 0.25) is 0 Å². The van der Waals surface area contributed by atoms with E-state index in [1.165, 1.54) is 48.7 Å². The minimum atomic E-state index is 0.790. The molecule has 1 aliphatic carbocycles. The van der Waals surface area contributed by atoms with Crippen molar-refractivity contribution in [3.05, 3.63) is 16.1 Å². The van der Waals surface area contributed by atoms with Crippen molar-refractivity contribution in [3.8, 4) is 0 Å². The Morgan fingerprint density at radius 2 is 2.33 bits per heavy atom. The topological polar surface area (TPSA) is 28.2 Å². The molecule has 0 spiro atoms. The summed E-state index contributed by atoms with van der Waals surface area (Å²) in [5.74, 6) is 0.856. The number of likely N-dealkylation sites (tertiary alicyclic amines) is 1. The summed E-state index contributed by atoms with van der Waals surface area (Å²) in [5, 5.41) is 4.84. The number of nitrogens with zero attached hydrogens (tertiary/aromatic N) is 2. The third-order valence-corrected chi connectivity index (χ3v) is 4.83. The minimum absolute atomic E-state index is 0.790. The van der Waals surface area contributed by atoms with Gasteiger partial charge in [-0.25, -0.2) is 4.98 Å². The Morgan fingerprint density at radius 1 is 1.44 bits per heavy atom. The van der Waals surface area contributed by atoms with E-state index in [9.17, 15) is 0 Å². The van der Waals surface area contributed by atoms with E-state index >= 15 is 0 Å². The highest BCUT2D eigenvalue weighted by atomic mass is 32.1. The average molecular weight is 265 g/mol. The number of piperidine rings is 1. The Morgan fingerprint density at radius 3 is 3.11 bits per heavy atom. The summed E-state index contributed by atoms with van der Waals surface area (Å²) in [6.07, 6.45) is 7.52. The zero-order valence-electron chi connectivity index (χ0n) is 11.2. The molecule has 3 rings (SSSR count). The first-order valence-electron chi connectivity index (χ1n) is 7.19. The fraction of sp³-hybridized carbons (Fsp3) is 0.786. The molecule has 1 unspecified atom stereocenters. The smallest absolute Gasteiger partial charge is 0.107 e. The maximum atomic E-state index is 4.57. The van der Waals surface area contributed by atoms with E-state index in [1.807, 2.05) is 11.3 Å². The lowest BCUT2D eigenvalue weighted by molar-refractivity contribution is 0.176. The molecule has 2 fully saturated rings. The second kappa shape index (κ2) is 5.68. The highest BCUT2D eigenvalue weighted by molar-refractivity contribution is 7.11. The Hall–Kier alpha value is -0.450. The van der Waals surface area contributed by atoms with Gasteiger partial charge < -0.3 is 5.32 Å². The van der Waals surface area contributed by atoms with Gasteiger partial charge in [-0.15, -0.1) is 11.3 Å². The predicted octanol–water partition coefficient (Wildman–Crippen LogP) is 2.63. The van der Waals surface area contributed by atoms with Crippen molar-refractivity contribution in [1.82, 2.24) is 15.2 Å². The molecular formula is C14H23N3S. The van der Waals surface area contributed by atoms with Crippen LogP contribution in [0.5, 0.6) is 0 Å². The molecule has 4 heteroatoms. The number of aromatic nitrogens is 1. The zero-order valence-corrected chi connectivity index (χ0v) is 12.0. The number of thiazole rings is 1. The van der Waals surface area contributed by atoms with Crippen molar-refractivity contribution in [3.63, 3.8) is 0 Å². The standard InChI is InChI=1S/C14H23N3S/c1-11-3-2-6-17(9-11)10-14-16-8-13(18-14)7-15-12-4-5-12/h8,11-12,15H,2-7,9-10H2,1H3. The van der Waals surface area contributed by atoms with Gasteiger partial charge in [-0.2, -0.15) is 0 Å². The molecule has 1 N–H and O–H groups in total. The van der Waals surface area contributed by atoms with Crippen molar-refractivity contribution in [1.29, 1.82) is 0 Å². The second-order valence-corrected chi connectivity index (χ2v) is 7.06. The zero-order chi connectivity index (χ0) is 12.4. The van der Waals surface area contributed by atoms with Crippen molar-refractivity contribution < 1.29 is 0 Å². The highest BCUT2D eigenvalue weighted by Gasteiger charge is 2.21. The maximum absolute atomic E-state index is 4.57. The van der Waals surface area contributed by atoms with Crippen LogP contribution in [0.1, 0.15) is 42.5 Å². The van der Waals surface area contributed by atoms with Gasteiger partial charge in [0.2, 0.25) is 0 Å². The van der Waals surface area contributed by atoms with Crippen LogP contribution in [0, 0.1) is 5.92 Å². The van der Waals surface area contributed by atoms with Gasteiger partial charge in [-0.05, 0) is 38.1 Å². The molecule has 1 aliphatic heterocycles. The number of rotatable bonds is 5. The molecule has 1 saturated heterocycles. The average Bonchev–Trinajstić information content (AvgIpc) is 3.08. The summed E-state index contributed by atoms with van der Waals surface area (Å²) < 4.78 is 0. The molecule has 0 amide bonds. The van der Waals surface area contributed by atoms with E-state index in [2.05, 4.69) is 28.3 Å². The van der Waals surface area contributed by atoms with E-state index in [0.717, 1.165) is 25.0 Å². The Balaban J connectivity index is 1.49. The van der Waals surface area contributed by atoms with Crippen molar-refractivity contribution in [2.45, 2.75) is 51.7 Å². The van der Waals surface area contributed by atoms with Gasteiger partial charge in [0.05, 0.1) is 6.54 Å². The van der Waals surface area contributed by atoms with E-state index in [-0.39, 0.29) is 0 Å². The normalized spacial score (nSPS) is 25.5. The number of nitrogens with one attached hydrogen (secondary N) is 1. The summed E-state index contributed by atoms with van der Waals surface area (Å²) in [4.78, 5) is 8.52. The van der Waals surface area contributed by atoms with Crippen molar-refractivity contribution in [2.24, 2.45) is 5.92 Å². The van der Waals surface area contributed by atoms with E-state index in [0.29, 0.717) is 0 Å². The lowest BCUT2D eigenvalue weighted by atomic mass is 10.0. The molecule has 2 heterocycles. The molecule has 1 atom stereocenters. The van der Waals surface area contributed by atoms with Crippen LogP contribution in [0.3, 0.4) is 0 Å². The number of hydrogen-bond acceptors (Lipinski definition) is 4. The molecule has 1 aromatic heterocycles. The van der Waals surface area contributed by atoms with Gasteiger partial charge in [-0.1, -0.05) is 6.92 Å². The fourth-order valence-corrected chi connectivity index (χ4v) is 3.57. The first kappa shape index (κ1) is 12.6. The van der Waals surface area contributed by atoms with Gasteiger partial charge in [-0.3, -0.25) is 4.90 Å². The summed E-state index contributed by atoms with van der Waals surface area (Å²) in [6.45, 7) is 6.92. The first-order valence-corrected chi connectivity index (χ1v) is 8.00.